The van der Waals surface area contributed by atoms with Gasteiger partial charge in [-0.3, -0.25) is 9.69 Å². The van der Waals surface area contributed by atoms with Crippen LogP contribution in [-0.4, -0.2) is 44.8 Å². The van der Waals surface area contributed by atoms with Crippen molar-refractivity contribution in [1.82, 2.24) is 9.62 Å². The SMILES string of the molecule is CC(=O)c1cccc(S(=O)(=O)NCC(C(C)C)N2CCCC2)c1. The highest BCUT2D eigenvalue weighted by molar-refractivity contribution is 7.89. The number of carbonyl (C=O) groups excluding carboxylic acids is 1. The lowest BCUT2D eigenvalue weighted by Crippen LogP contribution is -2.45. The standard InChI is InChI=1S/C17H26N2O3S/c1-13(2)17(19-9-4-5-10-19)12-18-23(21,22)16-8-6-7-15(11-16)14(3)20/h6-8,11,13,17-18H,4-5,9-10,12H2,1-3H3. The van der Waals surface area contributed by atoms with Crippen LogP contribution in [0.15, 0.2) is 29.2 Å². The van der Waals surface area contributed by atoms with Gasteiger partial charge in [0.1, 0.15) is 0 Å². The highest BCUT2D eigenvalue weighted by atomic mass is 32.2. The van der Waals surface area contributed by atoms with E-state index in [2.05, 4.69) is 23.5 Å². The minimum Gasteiger partial charge on any atom is -0.299 e. The molecule has 23 heavy (non-hydrogen) atoms. The first-order valence-electron chi connectivity index (χ1n) is 8.16. The van der Waals surface area contributed by atoms with Gasteiger partial charge < -0.3 is 0 Å². The Balaban J connectivity index is 2.10. The quantitative estimate of drug-likeness (QED) is 0.775. The molecule has 5 nitrogen and oxygen atoms in total. The maximum atomic E-state index is 12.5. The molecule has 1 heterocycles. The molecule has 0 aromatic heterocycles. The second-order valence-electron chi connectivity index (χ2n) is 6.49. The van der Waals surface area contributed by atoms with Crippen molar-refractivity contribution in [2.24, 2.45) is 5.92 Å². The van der Waals surface area contributed by atoms with Crippen molar-refractivity contribution in [2.45, 2.75) is 44.6 Å². The van der Waals surface area contributed by atoms with Gasteiger partial charge in [-0.2, -0.15) is 0 Å². The summed E-state index contributed by atoms with van der Waals surface area (Å²) in [7, 11) is -3.60. The number of nitrogens with one attached hydrogen (secondary N) is 1. The van der Waals surface area contributed by atoms with Crippen LogP contribution >= 0.6 is 0 Å². The van der Waals surface area contributed by atoms with Gasteiger partial charge in [-0.25, -0.2) is 13.1 Å². The van der Waals surface area contributed by atoms with Gasteiger partial charge in [0.25, 0.3) is 0 Å². The van der Waals surface area contributed by atoms with E-state index in [1.807, 2.05) is 0 Å². The summed E-state index contributed by atoms with van der Waals surface area (Å²) >= 11 is 0. The van der Waals surface area contributed by atoms with Crippen molar-refractivity contribution in [3.63, 3.8) is 0 Å². The molecule has 0 bridgehead atoms. The maximum Gasteiger partial charge on any atom is 0.240 e. The molecule has 0 radical (unpaired) electrons. The first-order valence-corrected chi connectivity index (χ1v) is 9.64. The minimum absolute atomic E-state index is 0.140. The van der Waals surface area contributed by atoms with Gasteiger partial charge in [0, 0.05) is 18.2 Å². The Kier molecular flexibility index (Phi) is 5.95. The zero-order valence-corrected chi connectivity index (χ0v) is 14.9. The number of sulfonamides is 1. The third kappa shape index (κ3) is 4.62. The van der Waals surface area contributed by atoms with E-state index in [4.69, 9.17) is 0 Å². The summed E-state index contributed by atoms with van der Waals surface area (Å²) in [6.45, 7) is 8.13. The van der Waals surface area contributed by atoms with E-state index >= 15 is 0 Å². The van der Waals surface area contributed by atoms with Crippen LogP contribution in [0.1, 0.15) is 44.0 Å². The molecule has 1 fully saturated rings. The molecular formula is C17H26N2O3S. The van der Waals surface area contributed by atoms with Crippen molar-refractivity contribution in [3.8, 4) is 0 Å². The fraction of sp³-hybridized carbons (Fsp3) is 0.588. The van der Waals surface area contributed by atoms with E-state index in [1.165, 1.54) is 31.9 Å². The summed E-state index contributed by atoms with van der Waals surface area (Å²) in [5, 5.41) is 0. The molecule has 1 aliphatic rings. The lowest BCUT2D eigenvalue weighted by molar-refractivity contribution is 0.101. The second-order valence-corrected chi connectivity index (χ2v) is 8.26. The smallest absolute Gasteiger partial charge is 0.240 e. The molecule has 1 aromatic rings. The third-order valence-electron chi connectivity index (χ3n) is 4.41. The molecule has 1 atom stereocenters. The van der Waals surface area contributed by atoms with Crippen LogP contribution in [0.3, 0.4) is 0 Å². The van der Waals surface area contributed by atoms with Crippen LogP contribution < -0.4 is 4.72 Å². The number of hydrogen-bond donors (Lipinski definition) is 1. The van der Waals surface area contributed by atoms with Gasteiger partial charge in [0.05, 0.1) is 4.90 Å². The molecule has 0 aliphatic carbocycles. The Bertz CT molecular complexity index is 650. The van der Waals surface area contributed by atoms with Gasteiger partial charge in [0.15, 0.2) is 5.78 Å². The van der Waals surface area contributed by atoms with Crippen molar-refractivity contribution >= 4 is 15.8 Å². The molecule has 0 spiro atoms. The van der Waals surface area contributed by atoms with Crippen molar-refractivity contribution in [2.75, 3.05) is 19.6 Å². The number of carbonyl (C=O) groups is 1. The molecule has 1 aliphatic heterocycles. The number of nitrogens with zero attached hydrogens (tertiary/aromatic N) is 1. The number of ketones is 1. The first-order chi connectivity index (χ1) is 10.8. The maximum absolute atomic E-state index is 12.5. The predicted molar refractivity (Wildman–Crippen MR) is 91.1 cm³/mol. The van der Waals surface area contributed by atoms with Crippen LogP contribution in [0.2, 0.25) is 0 Å². The van der Waals surface area contributed by atoms with E-state index in [0.29, 0.717) is 18.0 Å². The van der Waals surface area contributed by atoms with Crippen LogP contribution in [-0.2, 0) is 10.0 Å². The Hall–Kier alpha value is -1.24. The summed E-state index contributed by atoms with van der Waals surface area (Å²) in [5.74, 6) is 0.235. The summed E-state index contributed by atoms with van der Waals surface area (Å²) in [4.78, 5) is 13.9. The van der Waals surface area contributed by atoms with E-state index in [0.717, 1.165) is 13.1 Å². The third-order valence-corrected chi connectivity index (χ3v) is 5.83. The summed E-state index contributed by atoms with van der Waals surface area (Å²) in [6.07, 6.45) is 2.35. The first kappa shape index (κ1) is 18.1. The molecule has 1 unspecified atom stereocenters. The number of benzene rings is 1. The van der Waals surface area contributed by atoms with Crippen LogP contribution in [0, 0.1) is 5.92 Å². The monoisotopic (exact) mass is 338 g/mol. The molecule has 0 amide bonds. The van der Waals surface area contributed by atoms with Crippen LogP contribution in [0.25, 0.3) is 0 Å². The summed E-state index contributed by atoms with van der Waals surface area (Å²) in [6, 6.07) is 6.39. The molecule has 6 heteroatoms. The van der Waals surface area contributed by atoms with E-state index < -0.39 is 10.0 Å². The molecule has 1 aromatic carbocycles. The largest absolute Gasteiger partial charge is 0.299 e. The lowest BCUT2D eigenvalue weighted by Gasteiger charge is -2.30. The van der Waals surface area contributed by atoms with Crippen LogP contribution in [0.5, 0.6) is 0 Å². The molecule has 1 saturated heterocycles. The van der Waals surface area contributed by atoms with Gasteiger partial charge in [-0.15, -0.1) is 0 Å². The average molecular weight is 338 g/mol. The number of Topliss-reactive ketones (excluding diaryl/α,β-unsaturated/α-hetero) is 1. The van der Waals surface area contributed by atoms with Crippen molar-refractivity contribution in [3.05, 3.63) is 29.8 Å². The Morgan fingerprint density at radius 1 is 1.26 bits per heavy atom. The van der Waals surface area contributed by atoms with Gasteiger partial charge in [-0.1, -0.05) is 26.0 Å². The average Bonchev–Trinajstić information content (AvgIpc) is 3.01. The fourth-order valence-corrected chi connectivity index (χ4v) is 4.12. The van der Waals surface area contributed by atoms with E-state index in [1.54, 1.807) is 12.1 Å². The van der Waals surface area contributed by atoms with Crippen LogP contribution in [0.4, 0.5) is 0 Å². The molecule has 2 rings (SSSR count). The fourth-order valence-electron chi connectivity index (χ4n) is 3.02. The van der Waals surface area contributed by atoms with Crippen molar-refractivity contribution in [1.29, 1.82) is 0 Å². The normalized spacial score (nSPS) is 17.6. The Morgan fingerprint density at radius 2 is 1.91 bits per heavy atom. The molecule has 0 saturated carbocycles. The lowest BCUT2D eigenvalue weighted by atomic mass is 10.0. The van der Waals surface area contributed by atoms with Gasteiger partial charge >= 0.3 is 0 Å². The molecular weight excluding hydrogens is 312 g/mol. The highest BCUT2D eigenvalue weighted by Gasteiger charge is 2.26. The zero-order chi connectivity index (χ0) is 17.0. The molecule has 128 valence electrons. The van der Waals surface area contributed by atoms with Gasteiger partial charge in [-0.05, 0) is 50.9 Å². The minimum atomic E-state index is -3.60. The second kappa shape index (κ2) is 7.55. The van der Waals surface area contributed by atoms with E-state index in [-0.39, 0.29) is 16.7 Å². The number of likely N-dealkylation sites (tertiary alicyclic amines) is 1. The Labute approximate surface area is 139 Å². The number of rotatable bonds is 7. The zero-order valence-electron chi connectivity index (χ0n) is 14.1. The predicted octanol–water partition coefficient (Wildman–Crippen LogP) is 2.29. The van der Waals surface area contributed by atoms with Crippen molar-refractivity contribution < 1.29 is 13.2 Å². The summed E-state index contributed by atoms with van der Waals surface area (Å²) in [5.41, 5.74) is 0.410. The highest BCUT2D eigenvalue weighted by Crippen LogP contribution is 2.18. The summed E-state index contributed by atoms with van der Waals surface area (Å²) < 4.78 is 27.7. The number of hydrogen-bond acceptors (Lipinski definition) is 4. The Morgan fingerprint density at radius 3 is 2.48 bits per heavy atom. The van der Waals surface area contributed by atoms with E-state index in [9.17, 15) is 13.2 Å². The van der Waals surface area contributed by atoms with Gasteiger partial charge in [0.2, 0.25) is 10.0 Å². The topological polar surface area (TPSA) is 66.5 Å². The molecule has 1 N–H and O–H groups in total.